The molecular weight excluding hydrogens is 276 g/mol. The maximum absolute atomic E-state index is 12.5. The fraction of sp³-hybridized carbons (Fsp3) is 0.500. The van der Waals surface area contributed by atoms with Crippen LogP contribution in [0.25, 0.3) is 0 Å². The van der Waals surface area contributed by atoms with Crippen LogP contribution in [0.3, 0.4) is 0 Å². The summed E-state index contributed by atoms with van der Waals surface area (Å²) in [7, 11) is -3.44. The number of hydrogen-bond donors (Lipinski definition) is 0. The molecule has 1 aliphatic rings. The summed E-state index contributed by atoms with van der Waals surface area (Å²) < 4.78 is 26.5. The van der Waals surface area contributed by atoms with Crippen LogP contribution in [0.1, 0.15) is 24.2 Å². The summed E-state index contributed by atoms with van der Waals surface area (Å²) in [5.41, 5.74) is 0.528. The Balaban J connectivity index is 2.16. The predicted molar refractivity (Wildman–Crippen MR) is 77.3 cm³/mol. The molecule has 110 valence electrons. The number of hydrogen-bond acceptors (Lipinski definition) is 4. The lowest BCUT2D eigenvalue weighted by molar-refractivity contribution is 0.101. The summed E-state index contributed by atoms with van der Waals surface area (Å²) in [6, 6.07) is 6.16. The molecule has 0 radical (unpaired) electrons. The predicted octanol–water partition coefficient (Wildman–Crippen LogP) is 1.22. The highest BCUT2D eigenvalue weighted by Crippen LogP contribution is 2.18. The van der Waals surface area contributed by atoms with Gasteiger partial charge in [-0.05, 0) is 25.6 Å². The molecule has 2 rings (SSSR count). The third kappa shape index (κ3) is 3.08. The summed E-state index contributed by atoms with van der Waals surface area (Å²) in [4.78, 5) is 13.7. The van der Waals surface area contributed by atoms with E-state index in [-0.39, 0.29) is 10.7 Å². The largest absolute Gasteiger partial charge is 0.301 e. The number of carbonyl (C=O) groups is 1. The van der Waals surface area contributed by atoms with Crippen molar-refractivity contribution in [2.75, 3.05) is 32.7 Å². The van der Waals surface area contributed by atoms with Crippen molar-refractivity contribution in [2.45, 2.75) is 18.7 Å². The summed E-state index contributed by atoms with van der Waals surface area (Å²) in [6.07, 6.45) is 0. The van der Waals surface area contributed by atoms with Gasteiger partial charge in [0, 0.05) is 31.7 Å². The molecule has 0 aromatic heterocycles. The second-order valence-corrected chi connectivity index (χ2v) is 6.86. The average molecular weight is 296 g/mol. The Morgan fingerprint density at radius 1 is 1.10 bits per heavy atom. The van der Waals surface area contributed by atoms with Crippen LogP contribution >= 0.6 is 0 Å². The van der Waals surface area contributed by atoms with Crippen LogP contribution < -0.4 is 0 Å². The van der Waals surface area contributed by atoms with Crippen LogP contribution in [0.2, 0.25) is 0 Å². The van der Waals surface area contributed by atoms with Crippen LogP contribution in [0.15, 0.2) is 29.2 Å². The fourth-order valence-corrected chi connectivity index (χ4v) is 3.72. The van der Waals surface area contributed by atoms with Crippen LogP contribution in [0.5, 0.6) is 0 Å². The second-order valence-electron chi connectivity index (χ2n) is 4.92. The van der Waals surface area contributed by atoms with Gasteiger partial charge >= 0.3 is 0 Å². The fourth-order valence-electron chi connectivity index (χ4n) is 2.30. The molecule has 1 heterocycles. The summed E-state index contributed by atoms with van der Waals surface area (Å²) >= 11 is 0. The zero-order valence-electron chi connectivity index (χ0n) is 11.9. The van der Waals surface area contributed by atoms with E-state index in [1.54, 1.807) is 12.1 Å². The van der Waals surface area contributed by atoms with Crippen molar-refractivity contribution in [1.82, 2.24) is 9.21 Å². The number of likely N-dealkylation sites (N-methyl/N-ethyl adjacent to an activating group) is 1. The first-order valence-corrected chi connectivity index (χ1v) is 8.22. The number of carbonyl (C=O) groups excluding carboxylic acids is 1. The molecule has 0 aliphatic carbocycles. The van der Waals surface area contributed by atoms with Crippen LogP contribution in [-0.2, 0) is 10.0 Å². The Hall–Kier alpha value is -1.24. The molecule has 1 aromatic carbocycles. The number of benzene rings is 1. The minimum absolute atomic E-state index is 0.0643. The molecule has 0 N–H and O–H groups in total. The van der Waals surface area contributed by atoms with E-state index in [0.717, 1.165) is 19.6 Å². The van der Waals surface area contributed by atoms with Gasteiger partial charge in [-0.25, -0.2) is 8.42 Å². The van der Waals surface area contributed by atoms with Crippen LogP contribution in [-0.4, -0.2) is 56.1 Å². The van der Waals surface area contributed by atoms with E-state index < -0.39 is 10.0 Å². The molecule has 0 unspecified atom stereocenters. The minimum Gasteiger partial charge on any atom is -0.301 e. The lowest BCUT2D eigenvalue weighted by atomic mass is 10.2. The minimum atomic E-state index is -3.44. The van der Waals surface area contributed by atoms with E-state index in [1.165, 1.54) is 23.4 Å². The monoisotopic (exact) mass is 296 g/mol. The summed E-state index contributed by atoms with van der Waals surface area (Å²) in [5.74, 6) is -0.0643. The summed E-state index contributed by atoms with van der Waals surface area (Å²) in [6.45, 7) is 7.05. The number of Topliss-reactive ketones (excluding diaryl/α,β-unsaturated/α-hetero) is 1. The quantitative estimate of drug-likeness (QED) is 0.784. The molecule has 1 aliphatic heterocycles. The zero-order valence-corrected chi connectivity index (χ0v) is 12.7. The van der Waals surface area contributed by atoms with Crippen molar-refractivity contribution in [2.24, 2.45) is 0 Å². The van der Waals surface area contributed by atoms with E-state index in [4.69, 9.17) is 0 Å². The third-order valence-electron chi connectivity index (χ3n) is 3.68. The Labute approximate surface area is 120 Å². The molecular formula is C14H20N2O3S. The van der Waals surface area contributed by atoms with E-state index in [1.807, 2.05) is 0 Å². The van der Waals surface area contributed by atoms with E-state index in [2.05, 4.69) is 11.8 Å². The number of rotatable bonds is 4. The maximum Gasteiger partial charge on any atom is 0.243 e. The van der Waals surface area contributed by atoms with Crippen LogP contribution in [0, 0.1) is 0 Å². The first-order chi connectivity index (χ1) is 9.45. The Bertz CT molecular complexity index is 573. The van der Waals surface area contributed by atoms with Gasteiger partial charge in [0.05, 0.1) is 4.90 Å². The number of piperazine rings is 1. The number of ketones is 1. The molecule has 5 nitrogen and oxygen atoms in total. The molecule has 20 heavy (non-hydrogen) atoms. The van der Waals surface area contributed by atoms with Gasteiger partial charge in [0.15, 0.2) is 5.78 Å². The van der Waals surface area contributed by atoms with Gasteiger partial charge < -0.3 is 4.90 Å². The highest BCUT2D eigenvalue weighted by molar-refractivity contribution is 7.89. The molecule has 0 saturated carbocycles. The van der Waals surface area contributed by atoms with Gasteiger partial charge in [-0.3, -0.25) is 4.79 Å². The Morgan fingerprint density at radius 3 is 2.10 bits per heavy atom. The number of sulfonamides is 1. The molecule has 0 atom stereocenters. The standard InChI is InChI=1S/C14H20N2O3S/c1-3-15-8-10-16(11-9-15)20(18,19)14-6-4-13(5-7-14)12(2)17/h4-7H,3,8-11H2,1-2H3. The van der Waals surface area contributed by atoms with Gasteiger partial charge in [0.1, 0.15) is 0 Å². The molecule has 1 fully saturated rings. The highest BCUT2D eigenvalue weighted by Gasteiger charge is 2.27. The van der Waals surface area contributed by atoms with Gasteiger partial charge in [-0.15, -0.1) is 0 Å². The van der Waals surface area contributed by atoms with E-state index in [0.29, 0.717) is 18.7 Å². The maximum atomic E-state index is 12.5. The van der Waals surface area contributed by atoms with Crippen molar-refractivity contribution in [3.63, 3.8) is 0 Å². The first-order valence-electron chi connectivity index (χ1n) is 6.78. The van der Waals surface area contributed by atoms with Crippen molar-refractivity contribution in [3.8, 4) is 0 Å². The van der Waals surface area contributed by atoms with Crippen molar-refractivity contribution < 1.29 is 13.2 Å². The SMILES string of the molecule is CCN1CCN(S(=O)(=O)c2ccc(C(C)=O)cc2)CC1. The Kier molecular flexibility index (Phi) is 4.57. The average Bonchev–Trinajstić information content (AvgIpc) is 2.47. The molecule has 1 saturated heterocycles. The van der Waals surface area contributed by atoms with Crippen molar-refractivity contribution in [3.05, 3.63) is 29.8 Å². The van der Waals surface area contributed by atoms with Gasteiger partial charge in [0.2, 0.25) is 10.0 Å². The number of nitrogens with zero attached hydrogens (tertiary/aromatic N) is 2. The Morgan fingerprint density at radius 2 is 1.65 bits per heavy atom. The molecule has 0 spiro atoms. The van der Waals surface area contributed by atoms with E-state index >= 15 is 0 Å². The highest BCUT2D eigenvalue weighted by atomic mass is 32.2. The first kappa shape index (κ1) is 15.2. The lowest BCUT2D eigenvalue weighted by Crippen LogP contribution is -2.48. The normalized spacial score (nSPS) is 18.1. The lowest BCUT2D eigenvalue weighted by Gasteiger charge is -2.33. The molecule has 1 aromatic rings. The topological polar surface area (TPSA) is 57.7 Å². The van der Waals surface area contributed by atoms with E-state index in [9.17, 15) is 13.2 Å². The van der Waals surface area contributed by atoms with Gasteiger partial charge in [-0.1, -0.05) is 19.1 Å². The molecule has 0 amide bonds. The van der Waals surface area contributed by atoms with Gasteiger partial charge in [-0.2, -0.15) is 4.31 Å². The molecule has 0 bridgehead atoms. The zero-order chi connectivity index (χ0) is 14.8. The van der Waals surface area contributed by atoms with Crippen molar-refractivity contribution >= 4 is 15.8 Å². The molecule has 6 heteroatoms. The smallest absolute Gasteiger partial charge is 0.243 e. The third-order valence-corrected chi connectivity index (χ3v) is 5.59. The van der Waals surface area contributed by atoms with Crippen LogP contribution in [0.4, 0.5) is 0 Å². The second kappa shape index (κ2) is 6.03. The summed E-state index contributed by atoms with van der Waals surface area (Å²) in [5, 5.41) is 0. The van der Waals surface area contributed by atoms with Gasteiger partial charge in [0.25, 0.3) is 0 Å². The van der Waals surface area contributed by atoms with Crippen molar-refractivity contribution in [1.29, 1.82) is 0 Å².